The highest BCUT2D eigenvalue weighted by Crippen LogP contribution is 2.20. The highest BCUT2D eigenvalue weighted by molar-refractivity contribution is 5.74. The predicted octanol–water partition coefficient (Wildman–Crippen LogP) is 2.63. The van der Waals surface area contributed by atoms with Crippen molar-refractivity contribution < 1.29 is 4.79 Å². The first-order chi connectivity index (χ1) is 12.8. The van der Waals surface area contributed by atoms with E-state index in [1.54, 1.807) is 12.4 Å². The van der Waals surface area contributed by atoms with Crippen LogP contribution in [0, 0.1) is 0 Å². The molecule has 1 saturated carbocycles. The molecule has 7 nitrogen and oxygen atoms in total. The lowest BCUT2D eigenvalue weighted by Gasteiger charge is -2.33. The van der Waals surface area contributed by atoms with Crippen LogP contribution in [-0.4, -0.2) is 46.2 Å². The summed E-state index contributed by atoms with van der Waals surface area (Å²) < 4.78 is 0. The van der Waals surface area contributed by atoms with Gasteiger partial charge in [0.25, 0.3) is 0 Å². The molecule has 1 aliphatic carbocycles. The molecule has 2 aliphatic rings. The number of carbonyl (C=O) groups is 1. The van der Waals surface area contributed by atoms with Crippen LogP contribution in [0.15, 0.2) is 24.5 Å². The molecule has 7 heteroatoms. The number of anilines is 1. The van der Waals surface area contributed by atoms with Crippen LogP contribution in [0.25, 0.3) is 11.2 Å². The Balaban J connectivity index is 1.28. The molecule has 2 N–H and O–H groups in total. The summed E-state index contributed by atoms with van der Waals surface area (Å²) >= 11 is 0. The summed E-state index contributed by atoms with van der Waals surface area (Å²) in [6.45, 7) is 1.76. The molecule has 2 fully saturated rings. The van der Waals surface area contributed by atoms with E-state index in [1.807, 2.05) is 12.1 Å². The number of amides is 2. The van der Waals surface area contributed by atoms with Crippen LogP contribution in [0.1, 0.15) is 44.9 Å². The molecule has 2 aromatic heterocycles. The molecule has 0 bridgehead atoms. The number of hydrogen-bond donors (Lipinski definition) is 2. The fourth-order valence-electron chi connectivity index (χ4n) is 3.93. The van der Waals surface area contributed by atoms with Crippen molar-refractivity contribution in [2.75, 3.05) is 18.0 Å². The Morgan fingerprint density at radius 3 is 2.38 bits per heavy atom. The van der Waals surface area contributed by atoms with Crippen molar-refractivity contribution in [2.45, 2.75) is 57.0 Å². The minimum absolute atomic E-state index is 0.00513. The molecule has 0 spiro atoms. The molecular weight excluding hydrogens is 328 g/mol. The van der Waals surface area contributed by atoms with E-state index in [1.165, 1.54) is 19.3 Å². The molecule has 2 amide bonds. The van der Waals surface area contributed by atoms with Crippen molar-refractivity contribution in [2.24, 2.45) is 0 Å². The second kappa shape index (κ2) is 7.85. The first kappa shape index (κ1) is 17.0. The van der Waals surface area contributed by atoms with Gasteiger partial charge in [0.2, 0.25) is 0 Å². The lowest BCUT2D eigenvalue weighted by atomic mass is 9.96. The molecule has 1 aliphatic heterocycles. The summed E-state index contributed by atoms with van der Waals surface area (Å²) in [5.74, 6) is 0.933. The number of nitrogens with one attached hydrogen (secondary N) is 2. The molecule has 138 valence electrons. The van der Waals surface area contributed by atoms with Gasteiger partial charge in [0.05, 0.1) is 0 Å². The van der Waals surface area contributed by atoms with E-state index in [-0.39, 0.29) is 12.1 Å². The van der Waals surface area contributed by atoms with Gasteiger partial charge in [-0.3, -0.25) is 4.98 Å². The van der Waals surface area contributed by atoms with E-state index in [4.69, 9.17) is 0 Å². The van der Waals surface area contributed by atoms with Crippen molar-refractivity contribution in [3.8, 4) is 0 Å². The summed E-state index contributed by atoms with van der Waals surface area (Å²) in [5.41, 5.74) is 1.49. The molecule has 1 saturated heterocycles. The van der Waals surface area contributed by atoms with Gasteiger partial charge in [0.15, 0.2) is 5.65 Å². The maximum atomic E-state index is 12.2. The van der Waals surface area contributed by atoms with Crippen LogP contribution in [0.5, 0.6) is 0 Å². The van der Waals surface area contributed by atoms with Crippen LogP contribution in [0.3, 0.4) is 0 Å². The zero-order valence-electron chi connectivity index (χ0n) is 15.0. The molecule has 26 heavy (non-hydrogen) atoms. The SMILES string of the molecule is O=C(NC1CCCCC1)NC1CCN(c2ccc3nccnc3n2)CC1. The third-order valence-corrected chi connectivity index (χ3v) is 5.41. The summed E-state index contributed by atoms with van der Waals surface area (Å²) in [6.07, 6.45) is 11.2. The number of nitrogens with zero attached hydrogens (tertiary/aromatic N) is 4. The van der Waals surface area contributed by atoms with Crippen molar-refractivity contribution in [3.63, 3.8) is 0 Å². The van der Waals surface area contributed by atoms with Crippen molar-refractivity contribution >= 4 is 23.0 Å². The summed E-state index contributed by atoms with van der Waals surface area (Å²) in [7, 11) is 0. The summed E-state index contributed by atoms with van der Waals surface area (Å²) in [6, 6.07) is 4.55. The minimum atomic E-state index is -0.00513. The second-order valence-electron chi connectivity index (χ2n) is 7.28. The second-order valence-corrected chi connectivity index (χ2v) is 7.28. The van der Waals surface area contributed by atoms with E-state index in [9.17, 15) is 4.79 Å². The maximum absolute atomic E-state index is 12.2. The van der Waals surface area contributed by atoms with Gasteiger partial charge in [-0.2, -0.15) is 0 Å². The highest BCUT2D eigenvalue weighted by Gasteiger charge is 2.23. The molecular formula is C19H26N6O. The largest absolute Gasteiger partial charge is 0.356 e. The monoisotopic (exact) mass is 354 g/mol. The number of aromatic nitrogens is 3. The first-order valence-corrected chi connectivity index (χ1v) is 9.68. The zero-order chi connectivity index (χ0) is 17.8. The van der Waals surface area contributed by atoms with Gasteiger partial charge >= 0.3 is 6.03 Å². The number of rotatable bonds is 3. The molecule has 0 unspecified atom stereocenters. The van der Waals surface area contributed by atoms with E-state index in [2.05, 4.69) is 30.5 Å². The van der Waals surface area contributed by atoms with Crippen LogP contribution < -0.4 is 15.5 Å². The number of pyridine rings is 1. The smallest absolute Gasteiger partial charge is 0.315 e. The highest BCUT2D eigenvalue weighted by atomic mass is 16.2. The van der Waals surface area contributed by atoms with Gasteiger partial charge in [-0.05, 0) is 37.8 Å². The van der Waals surface area contributed by atoms with Crippen molar-refractivity contribution in [1.82, 2.24) is 25.6 Å². The number of piperidine rings is 1. The van der Waals surface area contributed by atoms with Crippen LogP contribution in [0.2, 0.25) is 0 Å². The van der Waals surface area contributed by atoms with E-state index in [0.29, 0.717) is 11.7 Å². The molecule has 0 radical (unpaired) electrons. The lowest BCUT2D eigenvalue weighted by molar-refractivity contribution is 0.226. The number of carbonyl (C=O) groups excluding carboxylic acids is 1. The first-order valence-electron chi connectivity index (χ1n) is 9.68. The van der Waals surface area contributed by atoms with Gasteiger partial charge in [0.1, 0.15) is 11.3 Å². The molecule has 4 rings (SSSR count). The third kappa shape index (κ3) is 4.03. The van der Waals surface area contributed by atoms with Crippen LogP contribution in [-0.2, 0) is 0 Å². The van der Waals surface area contributed by atoms with Gasteiger partial charge in [-0.25, -0.2) is 14.8 Å². The number of fused-ring (bicyclic) bond motifs is 1. The van der Waals surface area contributed by atoms with Crippen molar-refractivity contribution in [1.29, 1.82) is 0 Å². The zero-order valence-corrected chi connectivity index (χ0v) is 15.0. The van der Waals surface area contributed by atoms with E-state index < -0.39 is 0 Å². The number of urea groups is 1. The third-order valence-electron chi connectivity index (χ3n) is 5.41. The van der Waals surface area contributed by atoms with Gasteiger partial charge in [-0.15, -0.1) is 0 Å². The average Bonchev–Trinajstić information content (AvgIpc) is 2.69. The standard InChI is InChI=1S/C19H26N6O/c26-19(22-14-4-2-1-3-5-14)23-15-8-12-25(13-9-15)17-7-6-16-18(24-17)21-11-10-20-16/h6-7,10-11,14-15H,1-5,8-9,12-13H2,(H2,22,23,26). The number of hydrogen-bond acceptors (Lipinski definition) is 5. The van der Waals surface area contributed by atoms with Gasteiger partial charge < -0.3 is 15.5 Å². The summed E-state index contributed by atoms with van der Waals surface area (Å²) in [4.78, 5) is 27.6. The quantitative estimate of drug-likeness (QED) is 0.885. The van der Waals surface area contributed by atoms with Crippen LogP contribution >= 0.6 is 0 Å². The Bertz CT molecular complexity index is 753. The van der Waals surface area contributed by atoms with E-state index >= 15 is 0 Å². The fourth-order valence-corrected chi connectivity index (χ4v) is 3.93. The van der Waals surface area contributed by atoms with Crippen molar-refractivity contribution in [3.05, 3.63) is 24.5 Å². The van der Waals surface area contributed by atoms with Gasteiger partial charge in [0, 0.05) is 37.6 Å². The Hall–Kier alpha value is -2.44. The van der Waals surface area contributed by atoms with E-state index in [0.717, 1.165) is 50.1 Å². The normalized spacial score (nSPS) is 19.5. The molecule has 2 aromatic rings. The topological polar surface area (TPSA) is 83.0 Å². The summed E-state index contributed by atoms with van der Waals surface area (Å²) in [5, 5.41) is 6.29. The maximum Gasteiger partial charge on any atom is 0.315 e. The Kier molecular flexibility index (Phi) is 5.13. The lowest BCUT2D eigenvalue weighted by Crippen LogP contribution is -2.50. The Morgan fingerprint density at radius 1 is 0.923 bits per heavy atom. The van der Waals surface area contributed by atoms with Gasteiger partial charge in [-0.1, -0.05) is 19.3 Å². The average molecular weight is 354 g/mol. The molecule has 3 heterocycles. The Morgan fingerprint density at radius 2 is 1.62 bits per heavy atom. The molecule has 0 aromatic carbocycles. The Labute approximate surface area is 153 Å². The molecule has 0 atom stereocenters. The predicted molar refractivity (Wildman–Crippen MR) is 101 cm³/mol. The minimum Gasteiger partial charge on any atom is -0.356 e. The van der Waals surface area contributed by atoms with Crippen LogP contribution in [0.4, 0.5) is 10.6 Å². The fraction of sp³-hybridized carbons (Fsp3) is 0.579.